The minimum absolute atomic E-state index is 0.301. The Labute approximate surface area is 106 Å². The Balaban J connectivity index is 1.83. The van der Waals surface area contributed by atoms with Crippen LogP contribution in [0.1, 0.15) is 39.8 Å². The van der Waals surface area contributed by atoms with Gasteiger partial charge in [-0.25, -0.2) is 0 Å². The van der Waals surface area contributed by atoms with E-state index < -0.39 is 0 Å². The van der Waals surface area contributed by atoms with Gasteiger partial charge < -0.3 is 5.11 Å². The summed E-state index contributed by atoms with van der Waals surface area (Å²) in [5.41, 5.74) is 2.72. The van der Waals surface area contributed by atoms with E-state index in [9.17, 15) is 5.11 Å². The van der Waals surface area contributed by atoms with Crippen LogP contribution < -0.4 is 0 Å². The Hall–Kier alpha value is -1.12. The molecule has 0 amide bonds. The summed E-state index contributed by atoms with van der Waals surface area (Å²) in [5, 5.41) is 10.4. The monoisotopic (exact) mass is 244 g/mol. The second-order valence-electron chi connectivity index (χ2n) is 4.61. The van der Waals surface area contributed by atoms with Crippen LogP contribution in [0.2, 0.25) is 0 Å². The molecule has 0 radical (unpaired) electrons. The Kier molecular flexibility index (Phi) is 2.77. The van der Waals surface area contributed by atoms with Gasteiger partial charge in [-0.05, 0) is 36.1 Å². The highest BCUT2D eigenvalue weighted by Crippen LogP contribution is 2.44. The summed E-state index contributed by atoms with van der Waals surface area (Å²) in [6, 6.07) is 12.6. The maximum Gasteiger partial charge on any atom is 0.0953 e. The van der Waals surface area contributed by atoms with E-state index in [-0.39, 0.29) is 6.10 Å². The van der Waals surface area contributed by atoms with E-state index >= 15 is 0 Å². The average molecular weight is 244 g/mol. The molecule has 0 fully saturated rings. The summed E-state index contributed by atoms with van der Waals surface area (Å²) in [4.78, 5) is 2.47. The van der Waals surface area contributed by atoms with Gasteiger partial charge in [0.2, 0.25) is 0 Å². The molecule has 0 bridgehead atoms. The van der Waals surface area contributed by atoms with Gasteiger partial charge in [-0.1, -0.05) is 31.2 Å². The van der Waals surface area contributed by atoms with E-state index in [0.717, 1.165) is 17.7 Å². The highest BCUT2D eigenvalue weighted by atomic mass is 32.1. The van der Waals surface area contributed by atoms with Crippen molar-refractivity contribution >= 4 is 11.3 Å². The highest BCUT2D eigenvalue weighted by Gasteiger charge is 2.33. The molecule has 3 rings (SSSR count). The molecule has 0 spiro atoms. The molecule has 1 aromatic carbocycles. The van der Waals surface area contributed by atoms with Crippen molar-refractivity contribution in [3.63, 3.8) is 0 Å². The topological polar surface area (TPSA) is 20.2 Å². The molecule has 17 heavy (non-hydrogen) atoms. The molecule has 0 saturated heterocycles. The van der Waals surface area contributed by atoms with Gasteiger partial charge in [-0.2, -0.15) is 0 Å². The standard InChI is InChI=1S/C15H16OS/c1-2-11-7-8-14(17-11)15(16)13-9-10-5-3-4-6-12(10)13/h3-8,13,15-16H,2,9H2,1H3. The van der Waals surface area contributed by atoms with Gasteiger partial charge in [0.05, 0.1) is 6.10 Å². The number of aliphatic hydroxyl groups excluding tert-OH is 1. The Morgan fingerprint density at radius 1 is 1.29 bits per heavy atom. The van der Waals surface area contributed by atoms with Crippen LogP contribution in [0.3, 0.4) is 0 Å². The van der Waals surface area contributed by atoms with Crippen molar-refractivity contribution < 1.29 is 5.11 Å². The minimum Gasteiger partial charge on any atom is -0.387 e. The first kappa shape index (κ1) is 11.0. The van der Waals surface area contributed by atoms with E-state index in [4.69, 9.17) is 0 Å². The van der Waals surface area contributed by atoms with Crippen LogP contribution in [0.25, 0.3) is 0 Å². The molecule has 2 atom stereocenters. The Morgan fingerprint density at radius 2 is 2.12 bits per heavy atom. The van der Waals surface area contributed by atoms with Gasteiger partial charge in [0, 0.05) is 15.7 Å². The van der Waals surface area contributed by atoms with Crippen LogP contribution in [0, 0.1) is 0 Å². The van der Waals surface area contributed by atoms with Crippen LogP contribution in [0.15, 0.2) is 36.4 Å². The summed E-state index contributed by atoms with van der Waals surface area (Å²) in [6.45, 7) is 2.15. The van der Waals surface area contributed by atoms with Crippen molar-refractivity contribution in [3.8, 4) is 0 Å². The molecule has 2 heteroatoms. The third kappa shape index (κ3) is 1.81. The van der Waals surface area contributed by atoms with Gasteiger partial charge in [0.1, 0.15) is 0 Å². The molecule has 1 aromatic heterocycles. The van der Waals surface area contributed by atoms with E-state index in [1.165, 1.54) is 16.0 Å². The molecule has 1 aliphatic carbocycles. The normalized spacial score (nSPS) is 19.5. The first-order valence-corrected chi connectivity index (χ1v) is 6.95. The molecule has 1 aliphatic rings. The van der Waals surface area contributed by atoms with Crippen molar-refractivity contribution in [3.05, 3.63) is 57.3 Å². The summed E-state index contributed by atoms with van der Waals surface area (Å²) >= 11 is 1.74. The van der Waals surface area contributed by atoms with E-state index in [1.807, 2.05) is 0 Å². The van der Waals surface area contributed by atoms with Gasteiger partial charge in [-0.3, -0.25) is 0 Å². The fraction of sp³-hybridized carbons (Fsp3) is 0.333. The van der Waals surface area contributed by atoms with Crippen LogP contribution >= 0.6 is 11.3 Å². The lowest BCUT2D eigenvalue weighted by Gasteiger charge is -2.33. The van der Waals surface area contributed by atoms with Crippen LogP contribution in [-0.2, 0) is 12.8 Å². The molecule has 1 nitrogen and oxygen atoms in total. The predicted octanol–water partition coefficient (Wildman–Crippen LogP) is 3.68. The van der Waals surface area contributed by atoms with Crippen molar-refractivity contribution in [1.82, 2.24) is 0 Å². The second kappa shape index (κ2) is 4.28. The first-order valence-electron chi connectivity index (χ1n) is 6.14. The fourth-order valence-corrected chi connectivity index (χ4v) is 3.53. The predicted molar refractivity (Wildman–Crippen MR) is 71.5 cm³/mol. The summed E-state index contributed by atoms with van der Waals surface area (Å²) < 4.78 is 0. The molecule has 0 saturated carbocycles. The zero-order valence-electron chi connectivity index (χ0n) is 9.89. The minimum atomic E-state index is -0.324. The number of benzene rings is 1. The average Bonchev–Trinajstić information content (AvgIpc) is 2.79. The fourth-order valence-electron chi connectivity index (χ4n) is 2.52. The number of rotatable bonds is 3. The highest BCUT2D eigenvalue weighted by molar-refractivity contribution is 7.12. The van der Waals surface area contributed by atoms with Crippen molar-refractivity contribution in [2.75, 3.05) is 0 Å². The first-order chi connectivity index (χ1) is 8.29. The third-order valence-corrected chi connectivity index (χ3v) is 4.90. The lowest BCUT2D eigenvalue weighted by molar-refractivity contribution is 0.138. The smallest absolute Gasteiger partial charge is 0.0953 e. The molecule has 1 heterocycles. The lowest BCUT2D eigenvalue weighted by Crippen LogP contribution is -2.22. The Bertz CT molecular complexity index is 529. The zero-order chi connectivity index (χ0) is 11.8. The van der Waals surface area contributed by atoms with Gasteiger partial charge in [0.15, 0.2) is 0 Å². The van der Waals surface area contributed by atoms with Crippen molar-refractivity contribution in [1.29, 1.82) is 0 Å². The SMILES string of the molecule is CCc1ccc(C(O)C2Cc3ccccc32)s1. The number of hydrogen-bond donors (Lipinski definition) is 1. The summed E-state index contributed by atoms with van der Waals surface area (Å²) in [6.07, 6.45) is 1.74. The second-order valence-corrected chi connectivity index (χ2v) is 5.81. The zero-order valence-corrected chi connectivity index (χ0v) is 10.7. The third-order valence-electron chi connectivity index (χ3n) is 3.60. The largest absolute Gasteiger partial charge is 0.387 e. The molecule has 88 valence electrons. The quantitative estimate of drug-likeness (QED) is 0.873. The summed E-state index contributed by atoms with van der Waals surface area (Å²) in [5.74, 6) is 0.301. The number of hydrogen-bond acceptors (Lipinski definition) is 2. The van der Waals surface area contributed by atoms with Crippen LogP contribution in [0.4, 0.5) is 0 Å². The van der Waals surface area contributed by atoms with Gasteiger partial charge in [-0.15, -0.1) is 11.3 Å². The molecular weight excluding hydrogens is 228 g/mol. The number of aliphatic hydroxyl groups is 1. The number of thiophene rings is 1. The molecule has 2 unspecified atom stereocenters. The molecular formula is C15H16OS. The molecule has 1 N–H and O–H groups in total. The number of fused-ring (bicyclic) bond motifs is 1. The van der Waals surface area contributed by atoms with E-state index in [2.05, 4.69) is 43.3 Å². The van der Waals surface area contributed by atoms with E-state index in [1.54, 1.807) is 11.3 Å². The van der Waals surface area contributed by atoms with Gasteiger partial charge in [0.25, 0.3) is 0 Å². The summed E-state index contributed by atoms with van der Waals surface area (Å²) in [7, 11) is 0. The number of aryl methyl sites for hydroxylation is 1. The van der Waals surface area contributed by atoms with Crippen LogP contribution in [-0.4, -0.2) is 5.11 Å². The molecule has 2 aromatic rings. The van der Waals surface area contributed by atoms with Crippen molar-refractivity contribution in [2.45, 2.75) is 31.8 Å². The molecule has 0 aliphatic heterocycles. The van der Waals surface area contributed by atoms with Crippen molar-refractivity contribution in [2.24, 2.45) is 0 Å². The maximum atomic E-state index is 10.4. The van der Waals surface area contributed by atoms with Crippen LogP contribution in [0.5, 0.6) is 0 Å². The van der Waals surface area contributed by atoms with E-state index in [0.29, 0.717) is 5.92 Å². The lowest BCUT2D eigenvalue weighted by atomic mass is 9.74. The van der Waals surface area contributed by atoms with Gasteiger partial charge >= 0.3 is 0 Å². The Morgan fingerprint density at radius 3 is 2.82 bits per heavy atom. The maximum absolute atomic E-state index is 10.4.